The van der Waals surface area contributed by atoms with Crippen LogP contribution in [0.2, 0.25) is 0 Å². The van der Waals surface area contributed by atoms with E-state index in [0.717, 1.165) is 48.1 Å². The zero-order valence-corrected chi connectivity index (χ0v) is 15.7. The molecule has 3 heterocycles. The molecule has 0 radical (unpaired) electrons. The van der Waals surface area contributed by atoms with Gasteiger partial charge in [0.1, 0.15) is 11.4 Å². The third kappa shape index (κ3) is 2.97. The molecule has 2 N–H and O–H groups in total. The number of likely N-dealkylation sites (tertiary alicyclic amines) is 1. The Balaban J connectivity index is 1.39. The predicted octanol–water partition coefficient (Wildman–Crippen LogP) is 4.14. The summed E-state index contributed by atoms with van der Waals surface area (Å²) in [6, 6.07) is 16.5. The number of piperidine rings is 1. The van der Waals surface area contributed by atoms with Gasteiger partial charge in [0, 0.05) is 43.1 Å². The molecule has 28 heavy (non-hydrogen) atoms. The van der Waals surface area contributed by atoms with Gasteiger partial charge in [-0.2, -0.15) is 0 Å². The van der Waals surface area contributed by atoms with Crippen LogP contribution in [-0.4, -0.2) is 34.6 Å². The van der Waals surface area contributed by atoms with Crippen molar-refractivity contribution >= 4 is 16.8 Å². The fourth-order valence-electron chi connectivity index (χ4n) is 4.41. The van der Waals surface area contributed by atoms with Crippen molar-refractivity contribution < 1.29 is 9.53 Å². The Hall–Kier alpha value is -3.08. The van der Waals surface area contributed by atoms with Crippen molar-refractivity contribution in [2.24, 2.45) is 5.73 Å². The predicted molar refractivity (Wildman–Crippen MR) is 109 cm³/mol. The maximum absolute atomic E-state index is 11.4. The SMILES string of the molecule is NC(=O)N1CCC2(CCc3cc(-c4cc5ccccc5cn4)ccc3O2)CC1. The van der Waals surface area contributed by atoms with Crippen molar-refractivity contribution in [1.29, 1.82) is 0 Å². The highest BCUT2D eigenvalue weighted by Crippen LogP contribution is 2.40. The molecule has 0 bridgehead atoms. The lowest BCUT2D eigenvalue weighted by atomic mass is 9.83. The van der Waals surface area contributed by atoms with Gasteiger partial charge >= 0.3 is 6.03 Å². The van der Waals surface area contributed by atoms with Crippen molar-refractivity contribution in [2.45, 2.75) is 31.3 Å². The third-order valence-electron chi connectivity index (χ3n) is 6.15. The van der Waals surface area contributed by atoms with E-state index in [-0.39, 0.29) is 11.6 Å². The van der Waals surface area contributed by atoms with Gasteiger partial charge in [-0.05, 0) is 48.1 Å². The number of aromatic nitrogens is 1. The van der Waals surface area contributed by atoms with Gasteiger partial charge in [-0.25, -0.2) is 4.79 Å². The van der Waals surface area contributed by atoms with E-state index in [1.54, 1.807) is 4.90 Å². The van der Waals surface area contributed by atoms with E-state index in [9.17, 15) is 4.79 Å². The molecule has 3 aromatic rings. The number of hydrogen-bond acceptors (Lipinski definition) is 3. The summed E-state index contributed by atoms with van der Waals surface area (Å²) in [6.07, 6.45) is 5.56. The van der Waals surface area contributed by atoms with Crippen LogP contribution in [0.3, 0.4) is 0 Å². The zero-order chi connectivity index (χ0) is 19.1. The molecule has 0 saturated carbocycles. The number of nitrogens with zero attached hydrogens (tertiary/aromatic N) is 2. The highest BCUT2D eigenvalue weighted by molar-refractivity contribution is 5.85. The summed E-state index contributed by atoms with van der Waals surface area (Å²) in [4.78, 5) is 17.7. The molecule has 1 fully saturated rings. The van der Waals surface area contributed by atoms with Gasteiger partial charge in [0.15, 0.2) is 0 Å². The van der Waals surface area contributed by atoms with Crippen LogP contribution in [0.15, 0.2) is 54.7 Å². The second kappa shape index (κ2) is 6.51. The summed E-state index contributed by atoms with van der Waals surface area (Å²) in [5, 5.41) is 2.35. The maximum atomic E-state index is 11.4. The molecule has 2 aromatic carbocycles. The van der Waals surface area contributed by atoms with Gasteiger partial charge in [-0.1, -0.05) is 24.3 Å². The van der Waals surface area contributed by atoms with Gasteiger partial charge < -0.3 is 15.4 Å². The van der Waals surface area contributed by atoms with Crippen molar-refractivity contribution in [3.05, 3.63) is 60.3 Å². The Morgan fingerprint density at radius 3 is 2.61 bits per heavy atom. The number of carbonyl (C=O) groups is 1. The average molecular weight is 373 g/mol. The van der Waals surface area contributed by atoms with Crippen LogP contribution in [-0.2, 0) is 6.42 Å². The number of fused-ring (bicyclic) bond motifs is 2. The van der Waals surface area contributed by atoms with Gasteiger partial charge in [-0.15, -0.1) is 0 Å². The average Bonchev–Trinajstić information content (AvgIpc) is 2.73. The highest BCUT2D eigenvalue weighted by atomic mass is 16.5. The first kappa shape index (κ1) is 17.0. The Morgan fingerprint density at radius 2 is 1.82 bits per heavy atom. The number of amides is 2. The number of primary amides is 1. The van der Waals surface area contributed by atoms with Crippen molar-refractivity contribution in [2.75, 3.05) is 13.1 Å². The van der Waals surface area contributed by atoms with E-state index in [1.807, 2.05) is 12.3 Å². The number of urea groups is 1. The molecule has 5 nitrogen and oxygen atoms in total. The minimum atomic E-state index is -0.335. The van der Waals surface area contributed by atoms with Crippen LogP contribution >= 0.6 is 0 Å². The summed E-state index contributed by atoms with van der Waals surface area (Å²) >= 11 is 0. The van der Waals surface area contributed by atoms with E-state index in [0.29, 0.717) is 13.1 Å². The van der Waals surface area contributed by atoms with Gasteiger partial charge in [0.2, 0.25) is 0 Å². The normalized spacial score (nSPS) is 17.9. The molecule has 5 heteroatoms. The molecule has 5 rings (SSSR count). The Bertz CT molecular complexity index is 1050. The highest BCUT2D eigenvalue weighted by Gasteiger charge is 2.40. The maximum Gasteiger partial charge on any atom is 0.314 e. The van der Waals surface area contributed by atoms with Crippen LogP contribution in [0.25, 0.3) is 22.0 Å². The van der Waals surface area contributed by atoms with Gasteiger partial charge in [0.25, 0.3) is 0 Å². The molecule has 142 valence electrons. The third-order valence-corrected chi connectivity index (χ3v) is 6.15. The first-order valence-electron chi connectivity index (χ1n) is 9.83. The molecule has 0 atom stereocenters. The summed E-state index contributed by atoms with van der Waals surface area (Å²) in [7, 11) is 0. The molecule has 2 aliphatic heterocycles. The molecule has 1 saturated heterocycles. The van der Waals surface area contributed by atoms with Crippen molar-refractivity contribution in [3.8, 4) is 17.0 Å². The van der Waals surface area contributed by atoms with Crippen LogP contribution in [0, 0.1) is 0 Å². The number of ether oxygens (including phenoxy) is 1. The topological polar surface area (TPSA) is 68.5 Å². The molecule has 1 aromatic heterocycles. The first-order valence-corrected chi connectivity index (χ1v) is 9.83. The monoisotopic (exact) mass is 373 g/mol. The van der Waals surface area contributed by atoms with Crippen LogP contribution < -0.4 is 10.5 Å². The molecule has 2 aliphatic rings. The van der Waals surface area contributed by atoms with Crippen molar-refractivity contribution in [3.63, 3.8) is 0 Å². The smallest absolute Gasteiger partial charge is 0.314 e. The van der Waals surface area contributed by atoms with Crippen LogP contribution in [0.4, 0.5) is 4.79 Å². The lowest BCUT2D eigenvalue weighted by molar-refractivity contribution is -0.00471. The summed E-state index contributed by atoms with van der Waals surface area (Å²) < 4.78 is 6.45. The molecule has 0 unspecified atom stereocenters. The number of hydrogen-bond donors (Lipinski definition) is 1. The Kier molecular flexibility index (Phi) is 3.97. The van der Waals surface area contributed by atoms with E-state index >= 15 is 0 Å². The molecule has 2 amide bonds. The second-order valence-corrected chi connectivity index (χ2v) is 7.85. The van der Waals surface area contributed by atoms with Gasteiger partial charge in [-0.3, -0.25) is 4.98 Å². The molecule has 0 aliphatic carbocycles. The fraction of sp³-hybridized carbons (Fsp3) is 0.304. The lowest BCUT2D eigenvalue weighted by Crippen LogP contribution is -2.52. The molecular weight excluding hydrogens is 350 g/mol. The summed E-state index contributed by atoms with van der Waals surface area (Å²) in [6.45, 7) is 1.34. The van der Waals surface area contributed by atoms with E-state index in [1.165, 1.54) is 10.9 Å². The van der Waals surface area contributed by atoms with Crippen LogP contribution in [0.1, 0.15) is 24.8 Å². The second-order valence-electron chi connectivity index (χ2n) is 7.85. The number of pyridine rings is 1. The van der Waals surface area contributed by atoms with Gasteiger partial charge in [0.05, 0.1) is 5.69 Å². The quantitative estimate of drug-likeness (QED) is 0.697. The fourth-order valence-corrected chi connectivity index (χ4v) is 4.41. The first-order chi connectivity index (χ1) is 13.6. The largest absolute Gasteiger partial charge is 0.487 e. The number of nitrogens with two attached hydrogens (primary N) is 1. The standard InChI is InChI=1S/C23H23N3O2/c24-22(27)26-11-9-23(10-12-26)8-7-18-13-17(5-6-21(18)28-23)20-14-16-3-1-2-4-19(16)15-25-20/h1-6,13-15H,7-12H2,(H2,24,27). The minimum absolute atomic E-state index is 0.165. The number of rotatable bonds is 1. The van der Waals surface area contributed by atoms with E-state index in [2.05, 4.69) is 47.4 Å². The summed E-state index contributed by atoms with van der Waals surface area (Å²) in [5.74, 6) is 0.961. The summed E-state index contributed by atoms with van der Waals surface area (Å²) in [5.41, 5.74) is 8.58. The zero-order valence-electron chi connectivity index (χ0n) is 15.7. The van der Waals surface area contributed by atoms with Crippen LogP contribution in [0.5, 0.6) is 5.75 Å². The van der Waals surface area contributed by atoms with E-state index < -0.39 is 0 Å². The van der Waals surface area contributed by atoms with Crippen molar-refractivity contribution in [1.82, 2.24) is 9.88 Å². The lowest BCUT2D eigenvalue weighted by Gasteiger charge is -2.44. The Morgan fingerprint density at radius 1 is 1.04 bits per heavy atom. The molecule has 1 spiro atoms. The number of aryl methyl sites for hydroxylation is 1. The molecular formula is C23H23N3O2. The minimum Gasteiger partial charge on any atom is -0.487 e. The number of benzene rings is 2. The number of carbonyl (C=O) groups excluding carboxylic acids is 1. The Labute approximate surface area is 164 Å². The van der Waals surface area contributed by atoms with E-state index in [4.69, 9.17) is 10.5 Å².